The van der Waals surface area contributed by atoms with Crippen molar-refractivity contribution in [3.05, 3.63) is 29.8 Å². The van der Waals surface area contributed by atoms with Crippen molar-refractivity contribution in [3.8, 4) is 0 Å². The van der Waals surface area contributed by atoms with E-state index in [4.69, 9.17) is 0 Å². The first-order valence-corrected chi connectivity index (χ1v) is 9.95. The maximum absolute atomic E-state index is 11.9. The smallest absolute Gasteiger partial charge is 0.224 e. The van der Waals surface area contributed by atoms with E-state index in [-0.39, 0.29) is 31.2 Å². The Morgan fingerprint density at radius 2 is 1.61 bits per heavy atom. The molecule has 1 aromatic carbocycles. The lowest BCUT2D eigenvalue weighted by Gasteiger charge is -2.13. The molecule has 0 unspecified atom stereocenters. The van der Waals surface area contributed by atoms with Gasteiger partial charge in [-0.1, -0.05) is 26.0 Å². The molecule has 0 saturated heterocycles. The van der Waals surface area contributed by atoms with Crippen LogP contribution in [-0.2, 0) is 25.6 Å². The lowest BCUT2D eigenvalue weighted by Crippen LogP contribution is -2.26. The molecule has 0 aliphatic heterocycles. The number of nitrogens with zero attached hydrogens (tertiary/aromatic N) is 1. The summed E-state index contributed by atoms with van der Waals surface area (Å²) in [6, 6.07) is 7.30. The van der Waals surface area contributed by atoms with Crippen molar-refractivity contribution in [2.75, 3.05) is 18.9 Å². The van der Waals surface area contributed by atoms with Gasteiger partial charge >= 0.3 is 0 Å². The first kappa shape index (κ1) is 25.5. The molecule has 0 aliphatic rings. The molecule has 0 aliphatic carbocycles. The number of hydrogen-bond acceptors (Lipinski definition) is 4. The Hall–Kier alpha value is -2.50. The van der Waals surface area contributed by atoms with Crippen LogP contribution in [0.1, 0.15) is 66.8 Å². The van der Waals surface area contributed by atoms with Crippen LogP contribution in [0.4, 0.5) is 5.69 Å². The molecule has 0 aromatic heterocycles. The second kappa shape index (κ2) is 14.5. The Balaban J connectivity index is 0. The number of rotatable bonds is 11. The molecular formula is C22H36N2O4. The van der Waals surface area contributed by atoms with Crippen LogP contribution in [0.15, 0.2) is 24.3 Å². The van der Waals surface area contributed by atoms with Crippen molar-refractivity contribution in [2.24, 2.45) is 0 Å². The van der Waals surface area contributed by atoms with E-state index in [0.717, 1.165) is 5.56 Å². The summed E-state index contributed by atoms with van der Waals surface area (Å²) < 4.78 is 0. The number of carbonyl (C=O) groups is 4. The second-order valence-corrected chi connectivity index (χ2v) is 6.42. The zero-order valence-corrected chi connectivity index (χ0v) is 17.8. The number of aryl methyl sites for hydroxylation is 1. The van der Waals surface area contributed by atoms with Gasteiger partial charge in [0.1, 0.15) is 11.6 Å². The summed E-state index contributed by atoms with van der Waals surface area (Å²) in [5, 5.41) is 2.80. The molecule has 0 radical (unpaired) electrons. The summed E-state index contributed by atoms with van der Waals surface area (Å²) in [5.41, 5.74) is 1.67. The lowest BCUT2D eigenvalue weighted by molar-refractivity contribution is -0.130. The Morgan fingerprint density at radius 1 is 1.00 bits per heavy atom. The zero-order valence-electron chi connectivity index (χ0n) is 17.8. The third kappa shape index (κ3) is 11.3. The van der Waals surface area contributed by atoms with Crippen LogP contribution in [0.3, 0.4) is 0 Å². The third-order valence-electron chi connectivity index (χ3n) is 4.07. The SMILES string of the molecule is CC.CCN(C)C(=O)CCCC(=O)Nc1ccc(CCC(=O)CC(C)=O)cc1.[HH]. The number of ketones is 2. The number of Topliss-reactive ketones (excluding diaryl/α,β-unsaturated/α-hetero) is 2. The summed E-state index contributed by atoms with van der Waals surface area (Å²) in [4.78, 5) is 47.7. The van der Waals surface area contributed by atoms with Crippen LogP contribution in [0, 0.1) is 0 Å². The van der Waals surface area contributed by atoms with E-state index in [1.165, 1.54) is 6.92 Å². The van der Waals surface area contributed by atoms with E-state index in [0.29, 0.717) is 44.3 Å². The Bertz CT molecular complexity index is 645. The van der Waals surface area contributed by atoms with Crippen molar-refractivity contribution < 1.29 is 20.6 Å². The van der Waals surface area contributed by atoms with E-state index >= 15 is 0 Å². The predicted molar refractivity (Wildman–Crippen MR) is 114 cm³/mol. The van der Waals surface area contributed by atoms with Crippen LogP contribution in [0.2, 0.25) is 0 Å². The van der Waals surface area contributed by atoms with Gasteiger partial charge in [0.2, 0.25) is 11.8 Å². The average molecular weight is 393 g/mol. The fourth-order valence-electron chi connectivity index (χ4n) is 2.40. The fourth-order valence-corrected chi connectivity index (χ4v) is 2.40. The molecule has 2 amide bonds. The van der Waals surface area contributed by atoms with Gasteiger partial charge in [-0.05, 0) is 44.4 Å². The minimum Gasteiger partial charge on any atom is -0.346 e. The van der Waals surface area contributed by atoms with Crippen LogP contribution < -0.4 is 5.32 Å². The van der Waals surface area contributed by atoms with E-state index in [1.807, 2.05) is 32.9 Å². The summed E-state index contributed by atoms with van der Waals surface area (Å²) in [7, 11) is 1.75. The van der Waals surface area contributed by atoms with Gasteiger partial charge < -0.3 is 10.2 Å². The molecule has 6 heteroatoms. The summed E-state index contributed by atoms with van der Waals surface area (Å²) in [6.45, 7) is 7.98. The number of nitrogens with one attached hydrogen (secondary N) is 1. The number of hydrogen-bond donors (Lipinski definition) is 1. The molecule has 0 fully saturated rings. The van der Waals surface area contributed by atoms with Gasteiger partial charge in [-0.3, -0.25) is 19.2 Å². The highest BCUT2D eigenvalue weighted by Crippen LogP contribution is 2.12. The highest BCUT2D eigenvalue weighted by Gasteiger charge is 2.09. The van der Waals surface area contributed by atoms with Crippen molar-refractivity contribution >= 4 is 29.1 Å². The van der Waals surface area contributed by atoms with Gasteiger partial charge in [-0.15, -0.1) is 0 Å². The summed E-state index contributed by atoms with van der Waals surface area (Å²) >= 11 is 0. The number of benzene rings is 1. The molecule has 28 heavy (non-hydrogen) atoms. The molecule has 1 aromatic rings. The molecule has 1 N–H and O–H groups in total. The first-order chi connectivity index (χ1) is 13.3. The van der Waals surface area contributed by atoms with Gasteiger partial charge in [0.05, 0.1) is 6.42 Å². The summed E-state index contributed by atoms with van der Waals surface area (Å²) in [6.07, 6.45) is 2.09. The number of carbonyl (C=O) groups excluding carboxylic acids is 4. The molecule has 1 rings (SSSR count). The average Bonchev–Trinajstić information content (AvgIpc) is 2.67. The number of amides is 2. The van der Waals surface area contributed by atoms with E-state index in [2.05, 4.69) is 5.32 Å². The van der Waals surface area contributed by atoms with E-state index < -0.39 is 0 Å². The van der Waals surface area contributed by atoms with Crippen LogP contribution in [0.25, 0.3) is 0 Å². The maximum atomic E-state index is 11.9. The third-order valence-corrected chi connectivity index (χ3v) is 4.07. The predicted octanol–water partition coefficient (Wildman–Crippen LogP) is 4.03. The van der Waals surface area contributed by atoms with Gasteiger partial charge in [0, 0.05) is 40.0 Å². The molecule has 6 nitrogen and oxygen atoms in total. The molecule has 0 bridgehead atoms. The van der Waals surface area contributed by atoms with Crippen LogP contribution >= 0.6 is 0 Å². The standard InChI is InChI=1S/C20H28N2O4.C2H6.H2/c1-4-22(3)20(26)7-5-6-19(25)21-17-11-8-16(9-12-17)10-13-18(24)14-15(2)23;1-2;/h8-9,11-12H,4-7,10,13-14H2,1-3H3,(H,21,25);1-2H3;1H. The van der Waals surface area contributed by atoms with Gasteiger partial charge in [-0.25, -0.2) is 0 Å². The number of anilines is 1. The van der Waals surface area contributed by atoms with Crippen LogP contribution in [-0.4, -0.2) is 41.9 Å². The highest BCUT2D eigenvalue weighted by atomic mass is 16.2. The molecule has 0 saturated carbocycles. The van der Waals surface area contributed by atoms with Gasteiger partial charge in [0.15, 0.2) is 0 Å². The Labute approximate surface area is 170 Å². The van der Waals surface area contributed by atoms with Crippen molar-refractivity contribution in [1.29, 1.82) is 0 Å². The van der Waals surface area contributed by atoms with Crippen LogP contribution in [0.5, 0.6) is 0 Å². The molecule has 0 spiro atoms. The largest absolute Gasteiger partial charge is 0.346 e. The lowest BCUT2D eigenvalue weighted by atomic mass is 10.0. The Kier molecular flexibility index (Phi) is 13.2. The fraction of sp³-hybridized carbons (Fsp3) is 0.545. The van der Waals surface area contributed by atoms with E-state index in [9.17, 15) is 19.2 Å². The molecule has 158 valence electrons. The van der Waals surface area contributed by atoms with Crippen molar-refractivity contribution in [3.63, 3.8) is 0 Å². The summed E-state index contributed by atoms with van der Waals surface area (Å²) in [5.74, 6) is -0.250. The highest BCUT2D eigenvalue weighted by molar-refractivity contribution is 5.98. The molecule has 0 heterocycles. The normalized spacial score (nSPS) is 9.75. The van der Waals surface area contributed by atoms with Gasteiger partial charge in [-0.2, -0.15) is 0 Å². The van der Waals surface area contributed by atoms with Gasteiger partial charge in [0.25, 0.3) is 0 Å². The first-order valence-electron chi connectivity index (χ1n) is 9.95. The maximum Gasteiger partial charge on any atom is 0.224 e. The quantitative estimate of drug-likeness (QED) is 0.576. The van der Waals surface area contributed by atoms with Crippen molar-refractivity contribution in [2.45, 2.75) is 66.2 Å². The Morgan fingerprint density at radius 3 is 2.14 bits per heavy atom. The van der Waals surface area contributed by atoms with E-state index in [1.54, 1.807) is 24.1 Å². The molecule has 0 atom stereocenters. The topological polar surface area (TPSA) is 83.6 Å². The molecular weight excluding hydrogens is 356 g/mol. The second-order valence-electron chi connectivity index (χ2n) is 6.42. The zero-order chi connectivity index (χ0) is 21.5. The minimum atomic E-state index is -0.124. The van der Waals surface area contributed by atoms with Crippen molar-refractivity contribution in [1.82, 2.24) is 4.90 Å². The minimum absolute atomic E-state index is 0. The monoisotopic (exact) mass is 392 g/mol.